The number of rotatable bonds is 9. The second-order valence-corrected chi connectivity index (χ2v) is 6.51. The van der Waals surface area contributed by atoms with Crippen LogP contribution in [0.25, 0.3) is 0 Å². The van der Waals surface area contributed by atoms with Crippen LogP contribution < -0.4 is 10.6 Å². The van der Waals surface area contributed by atoms with E-state index >= 15 is 0 Å². The predicted molar refractivity (Wildman–Crippen MR) is 98.8 cm³/mol. The lowest BCUT2D eigenvalue weighted by Crippen LogP contribution is -2.45. The zero-order chi connectivity index (χ0) is 17.2. The van der Waals surface area contributed by atoms with E-state index in [-0.39, 0.29) is 5.91 Å². The Balaban J connectivity index is 1.70. The quantitative estimate of drug-likeness (QED) is 0.672. The third-order valence-electron chi connectivity index (χ3n) is 4.66. The molecule has 1 fully saturated rings. The summed E-state index contributed by atoms with van der Waals surface area (Å²) in [5.74, 6) is 0.128. The Hall–Kier alpha value is -1.43. The van der Waals surface area contributed by atoms with E-state index in [0.29, 0.717) is 13.0 Å². The van der Waals surface area contributed by atoms with Gasteiger partial charge in [-0.2, -0.15) is 0 Å². The molecule has 0 saturated carbocycles. The second kappa shape index (κ2) is 10.4. The summed E-state index contributed by atoms with van der Waals surface area (Å²) in [4.78, 5) is 16.7. The highest BCUT2D eigenvalue weighted by molar-refractivity contribution is 5.75. The van der Waals surface area contributed by atoms with Crippen LogP contribution in [0.4, 0.5) is 0 Å². The molecule has 1 aromatic carbocycles. The maximum Gasteiger partial charge on any atom is 0.220 e. The summed E-state index contributed by atoms with van der Waals surface area (Å²) in [6.45, 7) is 10.6. The molecule has 0 spiro atoms. The van der Waals surface area contributed by atoms with E-state index in [4.69, 9.17) is 0 Å². The van der Waals surface area contributed by atoms with Crippen molar-refractivity contribution in [2.75, 3.05) is 46.3 Å². The molecule has 0 unspecified atom stereocenters. The fourth-order valence-electron chi connectivity index (χ4n) is 3.00. The highest BCUT2D eigenvalue weighted by Gasteiger charge is 2.15. The average Bonchev–Trinajstić information content (AvgIpc) is 2.62. The summed E-state index contributed by atoms with van der Waals surface area (Å²) in [6, 6.07) is 8.64. The van der Waals surface area contributed by atoms with E-state index in [0.717, 1.165) is 44.7 Å². The number of nitrogens with one attached hydrogen (secondary N) is 2. The van der Waals surface area contributed by atoms with Crippen LogP contribution in [0.3, 0.4) is 0 Å². The first-order valence-electron chi connectivity index (χ1n) is 9.15. The lowest BCUT2D eigenvalue weighted by Gasteiger charge is -2.34. The Labute approximate surface area is 146 Å². The zero-order valence-electron chi connectivity index (χ0n) is 15.2. The number of nitrogens with zero attached hydrogens (tertiary/aromatic N) is 2. The summed E-state index contributed by atoms with van der Waals surface area (Å²) >= 11 is 0. The fraction of sp³-hybridized carbons (Fsp3) is 0.632. The van der Waals surface area contributed by atoms with E-state index in [1.165, 1.54) is 18.7 Å². The van der Waals surface area contributed by atoms with Crippen molar-refractivity contribution in [3.63, 3.8) is 0 Å². The van der Waals surface area contributed by atoms with E-state index in [2.05, 4.69) is 51.6 Å². The van der Waals surface area contributed by atoms with Crippen molar-refractivity contribution in [1.82, 2.24) is 20.4 Å². The van der Waals surface area contributed by atoms with Crippen molar-refractivity contribution in [2.45, 2.75) is 32.9 Å². The van der Waals surface area contributed by atoms with Gasteiger partial charge < -0.3 is 15.5 Å². The van der Waals surface area contributed by atoms with Gasteiger partial charge in [-0.3, -0.25) is 9.69 Å². The molecule has 0 aromatic heterocycles. The minimum atomic E-state index is 0.128. The van der Waals surface area contributed by atoms with E-state index < -0.39 is 0 Å². The number of carbonyl (C=O) groups is 1. The van der Waals surface area contributed by atoms with Gasteiger partial charge in [-0.05, 0) is 37.7 Å². The molecule has 5 heteroatoms. The molecule has 1 heterocycles. The SMILES string of the molecule is CCN1CCN(Cc2ccc(CNC(=O)CCCNC)cc2)CC1. The number of benzene rings is 1. The summed E-state index contributed by atoms with van der Waals surface area (Å²) in [5.41, 5.74) is 2.51. The number of likely N-dealkylation sites (N-methyl/N-ethyl adjacent to an activating group) is 1. The smallest absolute Gasteiger partial charge is 0.220 e. The molecular weight excluding hydrogens is 300 g/mol. The Bertz CT molecular complexity index is 481. The number of piperazine rings is 1. The maximum atomic E-state index is 11.7. The Morgan fingerprint density at radius 1 is 1.04 bits per heavy atom. The normalized spacial score (nSPS) is 16.2. The van der Waals surface area contributed by atoms with Crippen molar-refractivity contribution < 1.29 is 4.79 Å². The first kappa shape index (κ1) is 18.9. The van der Waals surface area contributed by atoms with E-state index in [9.17, 15) is 4.79 Å². The Morgan fingerprint density at radius 3 is 2.29 bits per heavy atom. The van der Waals surface area contributed by atoms with Gasteiger partial charge in [0.15, 0.2) is 0 Å². The molecule has 1 saturated heterocycles. The monoisotopic (exact) mass is 332 g/mol. The van der Waals surface area contributed by atoms with Gasteiger partial charge in [0.2, 0.25) is 5.91 Å². The van der Waals surface area contributed by atoms with Crippen LogP contribution in [-0.2, 0) is 17.9 Å². The van der Waals surface area contributed by atoms with Crippen molar-refractivity contribution in [1.29, 1.82) is 0 Å². The van der Waals surface area contributed by atoms with Crippen molar-refractivity contribution in [3.05, 3.63) is 35.4 Å². The standard InChI is InChI=1S/C19H32N4O/c1-3-22-11-13-23(14-12-22)16-18-8-6-17(7-9-18)15-21-19(24)5-4-10-20-2/h6-9,20H,3-5,10-16H2,1-2H3,(H,21,24). The minimum absolute atomic E-state index is 0.128. The fourth-order valence-corrected chi connectivity index (χ4v) is 3.00. The maximum absolute atomic E-state index is 11.7. The third-order valence-corrected chi connectivity index (χ3v) is 4.66. The van der Waals surface area contributed by atoms with Gasteiger partial charge >= 0.3 is 0 Å². The van der Waals surface area contributed by atoms with Gasteiger partial charge in [-0.1, -0.05) is 31.2 Å². The van der Waals surface area contributed by atoms with Crippen LogP contribution in [0.5, 0.6) is 0 Å². The molecule has 0 aliphatic carbocycles. The van der Waals surface area contributed by atoms with Crippen molar-refractivity contribution in [2.24, 2.45) is 0 Å². The largest absolute Gasteiger partial charge is 0.352 e. The van der Waals surface area contributed by atoms with Gasteiger partial charge in [-0.15, -0.1) is 0 Å². The molecule has 24 heavy (non-hydrogen) atoms. The van der Waals surface area contributed by atoms with Gasteiger partial charge in [0, 0.05) is 45.7 Å². The zero-order valence-corrected chi connectivity index (χ0v) is 15.2. The van der Waals surface area contributed by atoms with Gasteiger partial charge in [0.05, 0.1) is 0 Å². The highest BCUT2D eigenvalue weighted by Crippen LogP contribution is 2.10. The number of hydrogen-bond acceptors (Lipinski definition) is 4. The van der Waals surface area contributed by atoms with Crippen LogP contribution in [-0.4, -0.2) is 62.0 Å². The Kier molecular flexibility index (Phi) is 8.22. The van der Waals surface area contributed by atoms with Crippen molar-refractivity contribution >= 4 is 5.91 Å². The van der Waals surface area contributed by atoms with Gasteiger partial charge in [-0.25, -0.2) is 0 Å². The van der Waals surface area contributed by atoms with Crippen LogP contribution in [0.1, 0.15) is 30.9 Å². The molecule has 5 nitrogen and oxygen atoms in total. The molecule has 1 amide bonds. The number of amides is 1. The lowest BCUT2D eigenvalue weighted by molar-refractivity contribution is -0.121. The average molecular weight is 332 g/mol. The topological polar surface area (TPSA) is 47.6 Å². The van der Waals surface area contributed by atoms with Crippen molar-refractivity contribution in [3.8, 4) is 0 Å². The molecule has 2 N–H and O–H groups in total. The molecule has 1 aromatic rings. The van der Waals surface area contributed by atoms with E-state index in [1.54, 1.807) is 0 Å². The highest BCUT2D eigenvalue weighted by atomic mass is 16.1. The Morgan fingerprint density at radius 2 is 1.67 bits per heavy atom. The molecule has 2 rings (SSSR count). The first-order valence-corrected chi connectivity index (χ1v) is 9.15. The van der Waals surface area contributed by atoms with Crippen LogP contribution in [0.2, 0.25) is 0 Å². The van der Waals surface area contributed by atoms with Gasteiger partial charge in [0.1, 0.15) is 0 Å². The molecule has 1 aliphatic rings. The number of hydrogen-bond donors (Lipinski definition) is 2. The lowest BCUT2D eigenvalue weighted by atomic mass is 10.1. The molecule has 1 aliphatic heterocycles. The molecular formula is C19H32N4O. The van der Waals surface area contributed by atoms with Crippen LogP contribution in [0.15, 0.2) is 24.3 Å². The summed E-state index contributed by atoms with van der Waals surface area (Å²) in [5, 5.41) is 6.04. The first-order chi connectivity index (χ1) is 11.7. The number of carbonyl (C=O) groups excluding carboxylic acids is 1. The van der Waals surface area contributed by atoms with Crippen LogP contribution in [0, 0.1) is 0 Å². The van der Waals surface area contributed by atoms with E-state index in [1.807, 2.05) is 7.05 Å². The van der Waals surface area contributed by atoms with Crippen LogP contribution >= 0.6 is 0 Å². The minimum Gasteiger partial charge on any atom is -0.352 e. The molecule has 134 valence electrons. The molecule has 0 radical (unpaired) electrons. The summed E-state index contributed by atoms with van der Waals surface area (Å²) in [6.07, 6.45) is 1.47. The summed E-state index contributed by atoms with van der Waals surface area (Å²) < 4.78 is 0. The summed E-state index contributed by atoms with van der Waals surface area (Å²) in [7, 11) is 1.91. The van der Waals surface area contributed by atoms with Gasteiger partial charge in [0.25, 0.3) is 0 Å². The second-order valence-electron chi connectivity index (χ2n) is 6.51. The predicted octanol–water partition coefficient (Wildman–Crippen LogP) is 1.44. The third kappa shape index (κ3) is 6.59. The molecule has 0 atom stereocenters. The molecule has 0 bridgehead atoms.